The van der Waals surface area contributed by atoms with Crippen molar-refractivity contribution in [2.75, 3.05) is 27.4 Å². The van der Waals surface area contributed by atoms with Gasteiger partial charge < -0.3 is 18.9 Å². The van der Waals surface area contributed by atoms with Crippen molar-refractivity contribution in [2.24, 2.45) is 0 Å². The number of benzene rings is 1. The Bertz CT molecular complexity index is 917. The first-order valence-corrected chi connectivity index (χ1v) is 10.8. The van der Waals surface area contributed by atoms with E-state index in [4.69, 9.17) is 14.2 Å². The van der Waals surface area contributed by atoms with Crippen LogP contribution in [-0.4, -0.2) is 61.5 Å². The minimum atomic E-state index is -0.646. The van der Waals surface area contributed by atoms with Gasteiger partial charge in [0.15, 0.2) is 18.1 Å². The largest absolute Gasteiger partial charge is 0.493 e. The van der Waals surface area contributed by atoms with Crippen molar-refractivity contribution in [3.8, 4) is 11.5 Å². The molecule has 2 amide bonds. The number of ether oxygens (including phenoxy) is 4. The summed E-state index contributed by atoms with van der Waals surface area (Å²) in [5.41, 5.74) is 0.537. The van der Waals surface area contributed by atoms with Crippen molar-refractivity contribution in [3.63, 3.8) is 0 Å². The number of hydrogen-bond donors (Lipinski definition) is 0. The molecule has 1 aliphatic rings. The third kappa shape index (κ3) is 6.47. The molecule has 1 aliphatic heterocycles. The maximum Gasteiger partial charge on any atom is 0.343 e. The molecule has 1 saturated heterocycles. The van der Waals surface area contributed by atoms with Gasteiger partial charge in [0.2, 0.25) is 0 Å². The van der Waals surface area contributed by atoms with E-state index in [1.165, 1.54) is 20.3 Å². The smallest absolute Gasteiger partial charge is 0.343 e. The normalized spacial score (nSPS) is 15.8. The molecular formula is C20H22BrNO8S. The predicted molar refractivity (Wildman–Crippen MR) is 117 cm³/mol. The van der Waals surface area contributed by atoms with E-state index in [2.05, 4.69) is 20.7 Å². The molecule has 0 aliphatic carbocycles. The molecular weight excluding hydrogens is 494 g/mol. The molecule has 0 radical (unpaired) electrons. The van der Waals surface area contributed by atoms with Crippen molar-refractivity contribution in [2.45, 2.75) is 26.4 Å². The second-order valence-electron chi connectivity index (χ2n) is 6.37. The van der Waals surface area contributed by atoms with Gasteiger partial charge in [0.25, 0.3) is 11.1 Å². The summed E-state index contributed by atoms with van der Waals surface area (Å²) < 4.78 is 20.9. The maximum atomic E-state index is 12.6. The molecule has 0 bridgehead atoms. The van der Waals surface area contributed by atoms with Gasteiger partial charge in [-0.15, -0.1) is 0 Å². The van der Waals surface area contributed by atoms with Crippen LogP contribution in [0.2, 0.25) is 0 Å². The van der Waals surface area contributed by atoms with Crippen LogP contribution in [0.25, 0.3) is 6.08 Å². The second-order valence-corrected chi connectivity index (χ2v) is 8.21. The van der Waals surface area contributed by atoms with E-state index in [-0.39, 0.29) is 23.4 Å². The number of rotatable bonds is 9. The van der Waals surface area contributed by atoms with Crippen LogP contribution >= 0.6 is 27.7 Å². The minimum absolute atomic E-state index is 0.146. The Balaban J connectivity index is 2.21. The molecule has 11 heteroatoms. The van der Waals surface area contributed by atoms with Crippen LogP contribution in [0.1, 0.15) is 25.8 Å². The average molecular weight is 516 g/mol. The van der Waals surface area contributed by atoms with Crippen LogP contribution in [-0.2, 0) is 23.9 Å². The number of hydrogen-bond acceptors (Lipinski definition) is 9. The number of carbonyl (C=O) groups excluding carboxylic acids is 4. The van der Waals surface area contributed by atoms with E-state index in [1.54, 1.807) is 19.1 Å². The minimum Gasteiger partial charge on any atom is -0.493 e. The lowest BCUT2D eigenvalue weighted by molar-refractivity contribution is -0.150. The number of carbonyl (C=O) groups is 4. The maximum absolute atomic E-state index is 12.6. The van der Waals surface area contributed by atoms with Gasteiger partial charge >= 0.3 is 11.9 Å². The number of nitrogens with zero attached hydrogens (tertiary/aromatic N) is 1. The van der Waals surface area contributed by atoms with Crippen LogP contribution in [0.4, 0.5) is 4.79 Å². The van der Waals surface area contributed by atoms with E-state index in [0.29, 0.717) is 22.2 Å². The lowest BCUT2D eigenvalue weighted by Gasteiger charge is -2.15. The first-order chi connectivity index (χ1) is 14.7. The molecule has 2 rings (SSSR count). The highest BCUT2D eigenvalue weighted by Gasteiger charge is 2.37. The summed E-state index contributed by atoms with van der Waals surface area (Å²) >= 11 is 4.10. The molecule has 1 aromatic carbocycles. The van der Waals surface area contributed by atoms with E-state index < -0.39 is 29.6 Å². The highest BCUT2D eigenvalue weighted by Crippen LogP contribution is 2.38. The van der Waals surface area contributed by atoms with E-state index in [9.17, 15) is 19.2 Å². The first-order valence-electron chi connectivity index (χ1n) is 9.22. The van der Waals surface area contributed by atoms with Crippen LogP contribution in [0, 0.1) is 0 Å². The molecule has 1 aromatic rings. The van der Waals surface area contributed by atoms with E-state index >= 15 is 0 Å². The molecule has 168 valence electrons. The Morgan fingerprint density at radius 2 is 1.90 bits per heavy atom. The Hall–Kier alpha value is -2.53. The molecule has 1 atom stereocenters. The van der Waals surface area contributed by atoms with Crippen LogP contribution in [0.5, 0.6) is 11.5 Å². The van der Waals surface area contributed by atoms with Gasteiger partial charge in [-0.25, -0.2) is 4.79 Å². The monoisotopic (exact) mass is 515 g/mol. The van der Waals surface area contributed by atoms with Gasteiger partial charge in [0.1, 0.15) is 6.54 Å². The van der Waals surface area contributed by atoms with Crippen LogP contribution in [0.15, 0.2) is 21.5 Å². The number of halogens is 1. The molecule has 0 saturated carbocycles. The standard InChI is InChI=1S/C20H22BrNO8S/c1-5-11(2)30-17(23)9-22-19(25)16(31-20(22)26)7-12-6-14(27-3)15(8-13(12)21)29-10-18(24)28-4/h6-8,11H,5,9-10H2,1-4H3/b16-7+/t11-/m0/s1. The third-order valence-corrected chi connectivity index (χ3v) is 5.81. The lowest BCUT2D eigenvalue weighted by Crippen LogP contribution is -2.35. The first kappa shape index (κ1) is 24.7. The highest BCUT2D eigenvalue weighted by molar-refractivity contribution is 9.10. The molecule has 1 fully saturated rings. The molecule has 0 N–H and O–H groups in total. The summed E-state index contributed by atoms with van der Waals surface area (Å²) in [7, 11) is 2.67. The molecule has 0 aromatic heterocycles. The van der Waals surface area contributed by atoms with Gasteiger partial charge in [0.05, 0.1) is 25.2 Å². The van der Waals surface area contributed by atoms with Crippen molar-refractivity contribution < 1.29 is 38.1 Å². The Kier molecular flexibility index (Phi) is 8.93. The fraction of sp³-hybridized carbons (Fsp3) is 0.400. The van der Waals surface area contributed by atoms with Gasteiger partial charge in [-0.2, -0.15) is 0 Å². The van der Waals surface area contributed by atoms with Gasteiger partial charge in [-0.3, -0.25) is 19.3 Å². The molecule has 0 spiro atoms. The SMILES string of the molecule is CC[C@H](C)OC(=O)CN1C(=O)S/C(=C/c2cc(OC)c(OCC(=O)OC)cc2Br)C1=O. The van der Waals surface area contributed by atoms with Gasteiger partial charge in [-0.05, 0) is 48.9 Å². The van der Waals surface area contributed by atoms with Crippen molar-refractivity contribution >= 4 is 56.9 Å². The van der Waals surface area contributed by atoms with Crippen LogP contribution < -0.4 is 9.47 Å². The Morgan fingerprint density at radius 3 is 2.52 bits per heavy atom. The summed E-state index contributed by atoms with van der Waals surface area (Å²) in [6, 6.07) is 3.16. The molecule has 0 unspecified atom stereocenters. The molecule has 1 heterocycles. The van der Waals surface area contributed by atoms with Crippen molar-refractivity contribution in [3.05, 3.63) is 27.1 Å². The van der Waals surface area contributed by atoms with E-state index in [1.807, 2.05) is 6.92 Å². The summed E-state index contributed by atoms with van der Waals surface area (Å²) in [5.74, 6) is -1.18. The fourth-order valence-corrected chi connectivity index (χ4v) is 3.65. The second kappa shape index (κ2) is 11.2. The Labute approximate surface area is 192 Å². The quantitative estimate of drug-likeness (QED) is 0.361. The zero-order valence-corrected chi connectivity index (χ0v) is 19.8. The highest BCUT2D eigenvalue weighted by atomic mass is 79.9. The predicted octanol–water partition coefficient (Wildman–Crippen LogP) is 3.39. The number of thioether (sulfide) groups is 1. The number of methoxy groups -OCH3 is 2. The fourth-order valence-electron chi connectivity index (χ4n) is 2.38. The van der Waals surface area contributed by atoms with E-state index in [0.717, 1.165) is 16.7 Å². The third-order valence-electron chi connectivity index (χ3n) is 4.21. The topological polar surface area (TPSA) is 108 Å². The zero-order valence-electron chi connectivity index (χ0n) is 17.4. The van der Waals surface area contributed by atoms with Crippen LogP contribution in [0.3, 0.4) is 0 Å². The molecule has 9 nitrogen and oxygen atoms in total. The van der Waals surface area contributed by atoms with Crippen molar-refractivity contribution in [1.82, 2.24) is 4.90 Å². The Morgan fingerprint density at radius 1 is 1.19 bits per heavy atom. The summed E-state index contributed by atoms with van der Waals surface area (Å²) in [5, 5.41) is -0.557. The van der Waals surface area contributed by atoms with Crippen molar-refractivity contribution in [1.29, 1.82) is 0 Å². The summed E-state index contributed by atoms with van der Waals surface area (Å²) in [6.45, 7) is 2.84. The number of amides is 2. The molecule has 31 heavy (non-hydrogen) atoms. The number of esters is 2. The summed E-state index contributed by atoms with van der Waals surface area (Å²) in [6.07, 6.45) is 1.83. The average Bonchev–Trinajstić information content (AvgIpc) is 3.00. The summed E-state index contributed by atoms with van der Waals surface area (Å²) in [4.78, 5) is 49.1. The van der Waals surface area contributed by atoms with Gasteiger partial charge in [-0.1, -0.05) is 22.9 Å². The zero-order chi connectivity index (χ0) is 23.1. The lowest BCUT2D eigenvalue weighted by atomic mass is 10.2. The number of imide groups is 1. The van der Waals surface area contributed by atoms with Gasteiger partial charge in [0, 0.05) is 4.47 Å².